The van der Waals surface area contributed by atoms with Crippen molar-refractivity contribution in [1.29, 1.82) is 5.41 Å². The molecule has 4 aromatic rings. The summed E-state index contributed by atoms with van der Waals surface area (Å²) in [4.78, 5) is 12.9. The van der Waals surface area contributed by atoms with Gasteiger partial charge in [-0.25, -0.2) is 4.39 Å². The van der Waals surface area contributed by atoms with E-state index in [1.54, 1.807) is 48.1 Å². The number of benzene rings is 3. The lowest BCUT2D eigenvalue weighted by Crippen LogP contribution is -2.39. The number of amides is 1. The third-order valence-electron chi connectivity index (χ3n) is 5.98. The Labute approximate surface area is 215 Å². The highest BCUT2D eigenvalue weighted by Crippen LogP contribution is 2.31. The molecule has 0 saturated carbocycles. The molecule has 3 aromatic carbocycles. The van der Waals surface area contributed by atoms with Crippen LogP contribution in [0.1, 0.15) is 34.6 Å². The van der Waals surface area contributed by atoms with Gasteiger partial charge in [0.15, 0.2) is 0 Å². The van der Waals surface area contributed by atoms with E-state index in [-0.39, 0.29) is 11.7 Å². The molecule has 0 radical (unpaired) electrons. The lowest BCUT2D eigenvalue weighted by molar-refractivity contribution is 0.0873. The number of methoxy groups -OCH3 is 1. The quantitative estimate of drug-likeness (QED) is 0.238. The fraction of sp³-hybridized carbons (Fsp3) is 0.172. The average molecular weight is 501 g/mol. The summed E-state index contributed by atoms with van der Waals surface area (Å²) in [5.41, 5.74) is 3.33. The molecule has 0 saturated heterocycles. The molecule has 3 N–H and O–H groups in total. The summed E-state index contributed by atoms with van der Waals surface area (Å²) in [7, 11) is 3.41. The third-order valence-corrected chi connectivity index (χ3v) is 5.98. The van der Waals surface area contributed by atoms with Crippen molar-refractivity contribution in [1.82, 2.24) is 9.88 Å². The molecule has 1 aromatic heterocycles. The van der Waals surface area contributed by atoms with Crippen molar-refractivity contribution in [2.45, 2.75) is 19.1 Å². The van der Waals surface area contributed by atoms with Gasteiger partial charge in [-0.2, -0.15) is 0 Å². The summed E-state index contributed by atoms with van der Waals surface area (Å²) in [5, 5.41) is 14.1. The van der Waals surface area contributed by atoms with Crippen molar-refractivity contribution in [2.75, 3.05) is 12.4 Å². The molecule has 1 unspecified atom stereocenters. The van der Waals surface area contributed by atoms with E-state index in [0.717, 1.165) is 5.56 Å². The Morgan fingerprint density at radius 1 is 1.03 bits per heavy atom. The predicted molar refractivity (Wildman–Crippen MR) is 143 cm³/mol. The van der Waals surface area contributed by atoms with Crippen molar-refractivity contribution < 1.29 is 18.7 Å². The van der Waals surface area contributed by atoms with Gasteiger partial charge in [0.05, 0.1) is 13.2 Å². The van der Waals surface area contributed by atoms with Gasteiger partial charge in [-0.05, 0) is 79.2 Å². The number of carbonyl (C=O) groups excluding carboxylic acids is 1. The number of carbonyl (C=O) groups is 1. The van der Waals surface area contributed by atoms with Crippen LogP contribution in [0.2, 0.25) is 0 Å². The fourth-order valence-electron chi connectivity index (χ4n) is 4.01. The van der Waals surface area contributed by atoms with Crippen LogP contribution in [0.15, 0.2) is 85.1 Å². The normalized spacial score (nSPS) is 12.3. The van der Waals surface area contributed by atoms with Gasteiger partial charge in [0.1, 0.15) is 29.1 Å². The van der Waals surface area contributed by atoms with Gasteiger partial charge >= 0.3 is 0 Å². The predicted octanol–water partition coefficient (Wildman–Crippen LogP) is 5.85. The topological polar surface area (TPSA) is 88.4 Å². The van der Waals surface area contributed by atoms with Crippen LogP contribution in [0.3, 0.4) is 0 Å². The van der Waals surface area contributed by atoms with E-state index in [4.69, 9.17) is 14.9 Å². The molecular weight excluding hydrogens is 471 g/mol. The summed E-state index contributed by atoms with van der Waals surface area (Å²) < 4.78 is 26.8. The highest BCUT2D eigenvalue weighted by molar-refractivity contribution is 5.93. The zero-order valence-electron chi connectivity index (χ0n) is 20.9. The smallest absolute Gasteiger partial charge is 0.268 e. The van der Waals surface area contributed by atoms with Crippen LogP contribution >= 0.6 is 0 Å². The molecule has 4 rings (SSSR count). The minimum atomic E-state index is -0.547. The maximum Gasteiger partial charge on any atom is 0.268 e. The largest absolute Gasteiger partial charge is 0.497 e. The lowest BCUT2D eigenvalue weighted by Gasteiger charge is -2.27. The molecular formula is C29H29FN4O3. The molecule has 0 aliphatic heterocycles. The van der Waals surface area contributed by atoms with Crippen molar-refractivity contribution in [3.8, 4) is 11.5 Å². The van der Waals surface area contributed by atoms with Crippen molar-refractivity contribution in [3.05, 3.63) is 108 Å². The maximum atomic E-state index is 13.3. The van der Waals surface area contributed by atoms with Gasteiger partial charge in [0.2, 0.25) is 0 Å². The fourth-order valence-corrected chi connectivity index (χ4v) is 4.01. The van der Waals surface area contributed by atoms with Crippen LogP contribution in [0, 0.1) is 11.2 Å². The molecule has 7 nitrogen and oxygen atoms in total. The van der Waals surface area contributed by atoms with E-state index in [9.17, 15) is 9.18 Å². The molecule has 2 atom stereocenters. The summed E-state index contributed by atoms with van der Waals surface area (Å²) in [5.74, 6) is 0.663. The molecule has 0 fully saturated rings. The highest BCUT2D eigenvalue weighted by atomic mass is 19.1. The Morgan fingerprint density at radius 3 is 2.49 bits per heavy atom. The van der Waals surface area contributed by atoms with E-state index in [2.05, 4.69) is 10.6 Å². The Morgan fingerprint density at radius 2 is 1.81 bits per heavy atom. The van der Waals surface area contributed by atoms with E-state index >= 15 is 0 Å². The Kier molecular flexibility index (Phi) is 7.88. The standard InChI is InChI=1S/C29H29FN4O3/c1-19(32-29(35)27-8-5-15-34(27)2)28(20-6-4-7-24(16-20)36-3)37-25-13-14-26(21(17-25)18-31)33-23-11-9-22(30)10-12-23/h4-19,28,31,33H,1-3H3,(H,32,35)/t19?,28-/m0/s1. The van der Waals surface area contributed by atoms with Gasteiger partial charge in [-0.3, -0.25) is 4.79 Å². The summed E-state index contributed by atoms with van der Waals surface area (Å²) in [6, 6.07) is 22.0. The van der Waals surface area contributed by atoms with Crippen molar-refractivity contribution in [2.24, 2.45) is 7.05 Å². The first-order chi connectivity index (χ1) is 17.9. The first kappa shape index (κ1) is 25.5. The number of aromatic nitrogens is 1. The molecule has 1 amide bonds. The monoisotopic (exact) mass is 500 g/mol. The van der Waals surface area contributed by atoms with E-state index < -0.39 is 12.1 Å². The lowest BCUT2D eigenvalue weighted by atomic mass is 10.0. The molecule has 0 spiro atoms. The van der Waals surface area contributed by atoms with Crippen molar-refractivity contribution in [3.63, 3.8) is 0 Å². The Balaban J connectivity index is 1.60. The number of nitrogens with one attached hydrogen (secondary N) is 3. The number of nitrogens with zero attached hydrogens (tertiary/aromatic N) is 1. The van der Waals surface area contributed by atoms with Gasteiger partial charge in [0.25, 0.3) is 5.91 Å². The van der Waals surface area contributed by atoms with Crippen molar-refractivity contribution >= 4 is 23.5 Å². The van der Waals surface area contributed by atoms with E-state index in [1.807, 2.05) is 50.5 Å². The summed E-state index contributed by atoms with van der Waals surface area (Å²) in [6.45, 7) is 1.88. The first-order valence-electron chi connectivity index (χ1n) is 11.8. The molecule has 0 bridgehead atoms. The minimum absolute atomic E-state index is 0.212. The van der Waals surface area contributed by atoms with Crippen LogP contribution in [0.5, 0.6) is 11.5 Å². The minimum Gasteiger partial charge on any atom is -0.497 e. The number of hydrogen-bond donors (Lipinski definition) is 3. The zero-order valence-corrected chi connectivity index (χ0v) is 20.9. The highest BCUT2D eigenvalue weighted by Gasteiger charge is 2.25. The number of ether oxygens (including phenoxy) is 2. The number of halogens is 1. The molecule has 8 heteroatoms. The molecule has 37 heavy (non-hydrogen) atoms. The van der Waals surface area contributed by atoms with Gasteiger partial charge < -0.3 is 30.1 Å². The second-order valence-electron chi connectivity index (χ2n) is 8.61. The number of aryl methyl sites for hydroxylation is 1. The second kappa shape index (κ2) is 11.4. The molecule has 0 aliphatic rings. The van der Waals surface area contributed by atoms with Crippen LogP contribution in [0.25, 0.3) is 0 Å². The summed E-state index contributed by atoms with van der Waals surface area (Å²) in [6.07, 6.45) is 2.49. The molecule has 1 heterocycles. The van der Waals surface area contributed by atoms with Crippen LogP contribution < -0.4 is 20.1 Å². The van der Waals surface area contributed by atoms with Crippen LogP contribution in [-0.2, 0) is 7.05 Å². The summed E-state index contributed by atoms with van der Waals surface area (Å²) >= 11 is 0. The number of rotatable bonds is 10. The van der Waals surface area contributed by atoms with Crippen LogP contribution in [-0.4, -0.2) is 29.8 Å². The maximum absolute atomic E-state index is 13.3. The second-order valence-corrected chi connectivity index (χ2v) is 8.61. The molecule has 190 valence electrons. The Bertz CT molecular complexity index is 1380. The molecule has 0 aliphatic carbocycles. The number of hydrogen-bond acceptors (Lipinski definition) is 5. The number of anilines is 2. The first-order valence-corrected chi connectivity index (χ1v) is 11.8. The Hall–Kier alpha value is -4.59. The van der Waals surface area contributed by atoms with Gasteiger partial charge in [-0.15, -0.1) is 0 Å². The van der Waals surface area contributed by atoms with E-state index in [0.29, 0.717) is 34.1 Å². The van der Waals surface area contributed by atoms with Gasteiger partial charge in [-0.1, -0.05) is 12.1 Å². The third kappa shape index (κ3) is 6.16. The average Bonchev–Trinajstić information content (AvgIpc) is 3.35. The zero-order chi connectivity index (χ0) is 26.4. The SMILES string of the molecule is COc1cccc([C@@H](Oc2ccc(Nc3ccc(F)cc3)c(C=N)c2)C(C)NC(=O)c2cccn2C)c1. The van der Waals surface area contributed by atoms with Gasteiger partial charge in [0, 0.05) is 36.4 Å². The van der Waals surface area contributed by atoms with E-state index in [1.165, 1.54) is 18.3 Å². The van der Waals surface area contributed by atoms with Crippen LogP contribution in [0.4, 0.5) is 15.8 Å².